The molecule has 0 saturated heterocycles. The molecule has 1 aromatic carbocycles. The number of halogens is 1. The summed E-state index contributed by atoms with van der Waals surface area (Å²) < 4.78 is 22.3. The van der Waals surface area contributed by atoms with Crippen LogP contribution in [0.4, 0.5) is 10.2 Å². The standard InChI is InChI=1S/C23H25FN6O/c1-4-27-21-14(10-25)7-19-22(30(3)12-29-19)17-6-5-16(24)9-18(17)13(2)31-20-8-15(21)11-28-23(20)26/h5-6,8-13,25,27H,4,7H2,1-3H3,(H2,26,28)/b21-14-,25-10?/t13-/m1/s1. The molecule has 0 saturated carbocycles. The SMILES string of the molecule is CCN/C1=C(\C=N)Cc2ncn(C)c2-c2ccc(F)cc2[C@@H](C)Oc2cc1cnc2N. The van der Waals surface area contributed by atoms with Crippen molar-refractivity contribution in [3.63, 3.8) is 0 Å². The number of nitrogen functional groups attached to an aromatic ring is 1. The first-order valence-electron chi connectivity index (χ1n) is 10.1. The van der Waals surface area contributed by atoms with Crippen molar-refractivity contribution in [2.75, 3.05) is 12.3 Å². The molecular weight excluding hydrogens is 395 g/mol. The number of fused-ring (bicyclic) bond motifs is 5. The molecule has 0 aliphatic carbocycles. The zero-order chi connectivity index (χ0) is 22.1. The number of pyridine rings is 1. The molecule has 0 amide bonds. The first kappa shape index (κ1) is 20.6. The molecule has 1 aliphatic heterocycles. The molecule has 8 heteroatoms. The molecule has 3 heterocycles. The van der Waals surface area contributed by atoms with Gasteiger partial charge in [-0.2, -0.15) is 0 Å². The van der Waals surface area contributed by atoms with Crippen molar-refractivity contribution in [2.24, 2.45) is 7.05 Å². The zero-order valence-electron chi connectivity index (χ0n) is 17.7. The number of imidazole rings is 1. The van der Waals surface area contributed by atoms with Crippen LogP contribution in [0.2, 0.25) is 0 Å². The van der Waals surface area contributed by atoms with Gasteiger partial charge in [0, 0.05) is 54.8 Å². The number of nitrogens with zero attached hydrogens (tertiary/aromatic N) is 3. The highest BCUT2D eigenvalue weighted by molar-refractivity contribution is 5.90. The highest BCUT2D eigenvalue weighted by Gasteiger charge is 2.23. The molecule has 160 valence electrons. The third-order valence-electron chi connectivity index (χ3n) is 5.40. The summed E-state index contributed by atoms with van der Waals surface area (Å²) in [5.41, 5.74) is 11.5. The van der Waals surface area contributed by atoms with Crippen LogP contribution in [0.15, 0.2) is 42.4 Å². The smallest absolute Gasteiger partial charge is 0.166 e. The predicted molar refractivity (Wildman–Crippen MR) is 119 cm³/mol. The maximum atomic E-state index is 14.2. The van der Waals surface area contributed by atoms with E-state index < -0.39 is 6.10 Å². The number of anilines is 1. The van der Waals surface area contributed by atoms with Gasteiger partial charge in [-0.1, -0.05) is 0 Å². The third kappa shape index (κ3) is 3.76. The van der Waals surface area contributed by atoms with Gasteiger partial charge in [0.2, 0.25) is 0 Å². The molecular formula is C23H25FN6O. The summed E-state index contributed by atoms with van der Waals surface area (Å²) in [5, 5.41) is 11.4. The van der Waals surface area contributed by atoms with Crippen LogP contribution in [0, 0.1) is 11.2 Å². The van der Waals surface area contributed by atoms with Crippen LogP contribution in [-0.4, -0.2) is 27.3 Å². The van der Waals surface area contributed by atoms with E-state index in [2.05, 4.69) is 15.3 Å². The van der Waals surface area contributed by atoms with Crippen LogP contribution in [0.3, 0.4) is 0 Å². The Labute approximate surface area is 180 Å². The second-order valence-corrected chi connectivity index (χ2v) is 7.50. The summed E-state index contributed by atoms with van der Waals surface area (Å²) in [5.74, 6) is 0.309. The Balaban J connectivity index is 2.04. The highest BCUT2D eigenvalue weighted by atomic mass is 19.1. The number of nitrogens with one attached hydrogen (secondary N) is 2. The molecule has 4 rings (SSSR count). The molecule has 1 atom stereocenters. The van der Waals surface area contributed by atoms with Crippen LogP contribution in [0.5, 0.6) is 5.75 Å². The van der Waals surface area contributed by atoms with E-state index in [1.54, 1.807) is 24.7 Å². The fourth-order valence-electron chi connectivity index (χ4n) is 3.95. The predicted octanol–water partition coefficient (Wildman–Crippen LogP) is 3.87. The van der Waals surface area contributed by atoms with Gasteiger partial charge < -0.3 is 25.8 Å². The van der Waals surface area contributed by atoms with E-state index in [4.69, 9.17) is 15.9 Å². The Morgan fingerprint density at radius 1 is 1.35 bits per heavy atom. The lowest BCUT2D eigenvalue weighted by molar-refractivity contribution is 0.227. The minimum absolute atomic E-state index is 0.249. The molecule has 31 heavy (non-hydrogen) atoms. The second kappa shape index (κ2) is 8.22. The Morgan fingerprint density at radius 2 is 2.16 bits per heavy atom. The summed E-state index contributed by atoms with van der Waals surface area (Å²) in [6.07, 6.45) is 4.66. The van der Waals surface area contributed by atoms with Gasteiger partial charge in [0.15, 0.2) is 11.6 Å². The average Bonchev–Trinajstić information content (AvgIpc) is 3.11. The van der Waals surface area contributed by atoms with Crippen molar-refractivity contribution in [1.82, 2.24) is 19.9 Å². The average molecular weight is 420 g/mol. The Kier molecular flexibility index (Phi) is 5.46. The molecule has 2 bridgehead atoms. The topological polar surface area (TPSA) is 102 Å². The van der Waals surface area contributed by atoms with E-state index in [9.17, 15) is 4.39 Å². The van der Waals surface area contributed by atoms with E-state index in [0.717, 1.165) is 33.8 Å². The minimum atomic E-state index is -0.485. The molecule has 1 aliphatic rings. The second-order valence-electron chi connectivity index (χ2n) is 7.50. The number of rotatable bonds is 3. The number of benzene rings is 1. The van der Waals surface area contributed by atoms with E-state index in [1.807, 2.05) is 25.5 Å². The molecule has 2 aromatic heterocycles. The molecule has 7 nitrogen and oxygen atoms in total. The number of hydrogen-bond donors (Lipinski definition) is 3. The van der Waals surface area contributed by atoms with Gasteiger partial charge in [0.25, 0.3) is 0 Å². The largest absolute Gasteiger partial charge is 0.482 e. The first-order chi connectivity index (χ1) is 14.9. The number of aryl methyl sites for hydroxylation is 1. The lowest BCUT2D eigenvalue weighted by Crippen LogP contribution is -2.17. The van der Waals surface area contributed by atoms with Gasteiger partial charge in [-0.05, 0) is 43.7 Å². The Morgan fingerprint density at radius 3 is 2.90 bits per heavy atom. The number of hydrogen-bond acceptors (Lipinski definition) is 6. The molecule has 4 N–H and O–H groups in total. The first-order valence-corrected chi connectivity index (χ1v) is 10.1. The summed E-state index contributed by atoms with van der Waals surface area (Å²) >= 11 is 0. The minimum Gasteiger partial charge on any atom is -0.482 e. The number of allylic oxidation sites excluding steroid dienone is 1. The molecule has 3 aromatic rings. The van der Waals surface area contributed by atoms with E-state index in [0.29, 0.717) is 24.3 Å². The van der Waals surface area contributed by atoms with Crippen LogP contribution >= 0.6 is 0 Å². The summed E-state index contributed by atoms with van der Waals surface area (Å²) in [6, 6.07) is 6.46. The van der Waals surface area contributed by atoms with Crippen LogP contribution in [-0.2, 0) is 13.5 Å². The quantitative estimate of drug-likeness (QED) is 0.558. The fraction of sp³-hybridized carbons (Fsp3) is 0.261. The van der Waals surface area contributed by atoms with Gasteiger partial charge in [-0.15, -0.1) is 0 Å². The molecule has 0 radical (unpaired) electrons. The maximum Gasteiger partial charge on any atom is 0.166 e. The van der Waals surface area contributed by atoms with Crippen molar-refractivity contribution < 1.29 is 9.13 Å². The zero-order valence-corrected chi connectivity index (χ0v) is 17.7. The summed E-state index contributed by atoms with van der Waals surface area (Å²) in [7, 11) is 1.90. The number of nitrogens with two attached hydrogens (primary N) is 1. The van der Waals surface area contributed by atoms with Gasteiger partial charge in [-0.3, -0.25) is 0 Å². The fourth-order valence-corrected chi connectivity index (χ4v) is 3.95. The van der Waals surface area contributed by atoms with Gasteiger partial charge in [-0.25, -0.2) is 14.4 Å². The van der Waals surface area contributed by atoms with Gasteiger partial charge >= 0.3 is 0 Å². The van der Waals surface area contributed by atoms with Crippen molar-refractivity contribution in [3.05, 3.63) is 65.0 Å². The monoisotopic (exact) mass is 420 g/mol. The summed E-state index contributed by atoms with van der Waals surface area (Å²) in [4.78, 5) is 8.89. The number of aromatic nitrogens is 3. The van der Waals surface area contributed by atoms with Crippen molar-refractivity contribution in [2.45, 2.75) is 26.4 Å². The normalized spacial score (nSPS) is 18.1. The molecule has 0 fully saturated rings. The van der Waals surface area contributed by atoms with Crippen LogP contribution in [0.25, 0.3) is 17.0 Å². The van der Waals surface area contributed by atoms with Crippen molar-refractivity contribution in [1.29, 1.82) is 5.41 Å². The maximum absolute atomic E-state index is 14.2. The van der Waals surface area contributed by atoms with Gasteiger partial charge in [0.05, 0.1) is 17.7 Å². The lowest BCUT2D eigenvalue weighted by atomic mass is 9.95. The van der Waals surface area contributed by atoms with E-state index >= 15 is 0 Å². The van der Waals surface area contributed by atoms with E-state index in [1.165, 1.54) is 18.3 Å². The highest BCUT2D eigenvalue weighted by Crippen LogP contribution is 2.36. The Bertz CT molecular complexity index is 1180. The Hall–Kier alpha value is -3.68. The lowest BCUT2D eigenvalue weighted by Gasteiger charge is -2.22. The third-order valence-corrected chi connectivity index (χ3v) is 5.40. The van der Waals surface area contributed by atoms with Crippen LogP contribution in [0.1, 0.15) is 36.8 Å². The van der Waals surface area contributed by atoms with Crippen molar-refractivity contribution in [3.8, 4) is 17.0 Å². The summed E-state index contributed by atoms with van der Waals surface area (Å²) in [6.45, 7) is 4.52. The van der Waals surface area contributed by atoms with E-state index in [-0.39, 0.29) is 11.6 Å². The molecule has 0 unspecified atom stereocenters. The van der Waals surface area contributed by atoms with Gasteiger partial charge in [0.1, 0.15) is 11.9 Å². The number of ether oxygens (including phenoxy) is 1. The molecule has 0 spiro atoms. The van der Waals surface area contributed by atoms with Crippen LogP contribution < -0.4 is 15.8 Å². The van der Waals surface area contributed by atoms with Crippen molar-refractivity contribution >= 4 is 17.7 Å².